The van der Waals surface area contributed by atoms with E-state index in [1.807, 2.05) is 13.8 Å². The maximum absolute atomic E-state index is 12.8. The fourth-order valence-corrected chi connectivity index (χ4v) is 3.87. The van der Waals surface area contributed by atoms with Crippen molar-refractivity contribution in [3.05, 3.63) is 55.7 Å². The number of pyridine rings is 1. The predicted octanol–water partition coefficient (Wildman–Crippen LogP) is 3.19. The lowest BCUT2D eigenvalue weighted by Gasteiger charge is -2.08. The minimum atomic E-state index is -0.441. The zero-order valence-corrected chi connectivity index (χ0v) is 15.4. The summed E-state index contributed by atoms with van der Waals surface area (Å²) >= 11 is 6.71. The third kappa shape index (κ3) is 3.12. The molecule has 0 aromatic carbocycles. The van der Waals surface area contributed by atoms with E-state index >= 15 is 0 Å². The van der Waals surface area contributed by atoms with Crippen molar-refractivity contribution in [3.8, 4) is 0 Å². The number of fused-ring (bicyclic) bond motifs is 1. The van der Waals surface area contributed by atoms with Gasteiger partial charge >= 0.3 is 0 Å². The van der Waals surface area contributed by atoms with Gasteiger partial charge in [0.1, 0.15) is 4.83 Å². The molecule has 126 valence electrons. The number of carbonyl (C=O) groups is 1. The van der Waals surface area contributed by atoms with Gasteiger partial charge in [0.2, 0.25) is 4.77 Å². The number of aromatic nitrogens is 3. The molecule has 9 heteroatoms. The van der Waals surface area contributed by atoms with Crippen LogP contribution in [-0.4, -0.2) is 20.6 Å². The van der Waals surface area contributed by atoms with E-state index in [0.29, 0.717) is 10.9 Å². The Kier molecular flexibility index (Phi) is 5.53. The summed E-state index contributed by atoms with van der Waals surface area (Å²) in [5.41, 5.74) is 3.55. The van der Waals surface area contributed by atoms with Crippen LogP contribution in [0.2, 0.25) is 0 Å². The molecule has 6 nitrogen and oxygen atoms in total. The molecule has 0 atom stereocenters. The van der Waals surface area contributed by atoms with Crippen LogP contribution in [0.5, 0.6) is 0 Å². The quantitative estimate of drug-likeness (QED) is 0.682. The van der Waals surface area contributed by atoms with Gasteiger partial charge in [-0.15, -0.1) is 23.7 Å². The average Bonchev–Trinajstić information content (AvgIpc) is 2.87. The summed E-state index contributed by atoms with van der Waals surface area (Å²) in [5, 5.41) is 0.579. The van der Waals surface area contributed by atoms with Crippen molar-refractivity contribution in [2.75, 3.05) is 5.43 Å². The van der Waals surface area contributed by atoms with Crippen LogP contribution in [0.15, 0.2) is 29.3 Å². The van der Waals surface area contributed by atoms with Gasteiger partial charge in [0.15, 0.2) is 0 Å². The fraction of sp³-hybridized carbons (Fsp3) is 0.200. The van der Waals surface area contributed by atoms with Gasteiger partial charge in [-0.05, 0) is 43.3 Å². The van der Waals surface area contributed by atoms with Crippen LogP contribution in [0.25, 0.3) is 10.2 Å². The van der Waals surface area contributed by atoms with Crippen molar-refractivity contribution in [3.63, 3.8) is 0 Å². The van der Waals surface area contributed by atoms with Crippen molar-refractivity contribution >= 4 is 52.1 Å². The molecular formula is C15H15ClN4O2S2. The van der Waals surface area contributed by atoms with E-state index in [-0.39, 0.29) is 22.7 Å². The number of nitrogens with zero attached hydrogens (tertiary/aromatic N) is 2. The fourth-order valence-electron chi connectivity index (χ4n) is 2.44. The van der Waals surface area contributed by atoms with E-state index in [2.05, 4.69) is 15.4 Å². The van der Waals surface area contributed by atoms with Crippen LogP contribution in [0, 0.1) is 11.7 Å². The monoisotopic (exact) mass is 382 g/mol. The highest BCUT2D eigenvalue weighted by molar-refractivity contribution is 7.71. The van der Waals surface area contributed by atoms with Gasteiger partial charge in [-0.1, -0.05) is 6.92 Å². The van der Waals surface area contributed by atoms with E-state index in [4.69, 9.17) is 12.2 Å². The summed E-state index contributed by atoms with van der Waals surface area (Å²) in [6.07, 6.45) is 3.74. The Morgan fingerprint density at radius 3 is 2.88 bits per heavy atom. The molecule has 0 bridgehead atoms. The van der Waals surface area contributed by atoms with Gasteiger partial charge < -0.3 is 4.98 Å². The molecule has 0 aliphatic rings. The SMILES string of the molecule is CCc1c(C)sc2[nH]c(=S)n(NC(=O)c3cccnc3)c(=O)c12.Cl. The van der Waals surface area contributed by atoms with E-state index in [1.165, 1.54) is 17.5 Å². The van der Waals surface area contributed by atoms with E-state index < -0.39 is 5.91 Å². The lowest BCUT2D eigenvalue weighted by molar-refractivity contribution is 0.101. The zero-order valence-electron chi connectivity index (χ0n) is 13.0. The van der Waals surface area contributed by atoms with Crippen LogP contribution < -0.4 is 11.0 Å². The van der Waals surface area contributed by atoms with Gasteiger partial charge in [-0.2, -0.15) is 4.68 Å². The van der Waals surface area contributed by atoms with Crippen molar-refractivity contribution in [2.45, 2.75) is 20.3 Å². The van der Waals surface area contributed by atoms with Crippen molar-refractivity contribution in [1.29, 1.82) is 0 Å². The molecule has 0 saturated heterocycles. The Bertz CT molecular complexity index is 1010. The second kappa shape index (κ2) is 7.25. The number of rotatable bonds is 3. The molecule has 0 aliphatic carbocycles. The number of thiophene rings is 1. The van der Waals surface area contributed by atoms with Crippen LogP contribution >= 0.6 is 36.0 Å². The summed E-state index contributed by atoms with van der Waals surface area (Å²) < 4.78 is 1.24. The molecule has 3 rings (SSSR count). The molecule has 2 N–H and O–H groups in total. The topological polar surface area (TPSA) is 79.8 Å². The highest BCUT2D eigenvalue weighted by Crippen LogP contribution is 2.27. The van der Waals surface area contributed by atoms with Crippen molar-refractivity contribution < 1.29 is 4.79 Å². The number of nitrogens with one attached hydrogen (secondary N) is 2. The van der Waals surface area contributed by atoms with Crippen LogP contribution in [0.1, 0.15) is 27.7 Å². The highest BCUT2D eigenvalue weighted by atomic mass is 35.5. The summed E-state index contributed by atoms with van der Waals surface area (Å²) in [7, 11) is 0. The molecule has 3 aromatic heterocycles. The molecule has 0 radical (unpaired) electrons. The van der Waals surface area contributed by atoms with Gasteiger partial charge in [-0.3, -0.25) is 20.0 Å². The first-order valence-corrected chi connectivity index (χ1v) is 8.24. The highest BCUT2D eigenvalue weighted by Gasteiger charge is 2.16. The molecule has 1 amide bonds. The summed E-state index contributed by atoms with van der Waals surface area (Å²) in [4.78, 5) is 33.7. The lowest BCUT2D eigenvalue weighted by Crippen LogP contribution is -2.34. The molecule has 0 spiro atoms. The minimum Gasteiger partial charge on any atom is -0.322 e. The van der Waals surface area contributed by atoms with Crippen LogP contribution in [0.3, 0.4) is 0 Å². The average molecular weight is 383 g/mol. The first kappa shape index (κ1) is 18.3. The van der Waals surface area contributed by atoms with E-state index in [1.54, 1.807) is 18.3 Å². The van der Waals surface area contributed by atoms with Crippen molar-refractivity contribution in [2.24, 2.45) is 0 Å². The van der Waals surface area contributed by atoms with E-state index in [0.717, 1.165) is 26.4 Å². The maximum Gasteiger partial charge on any atom is 0.282 e. The summed E-state index contributed by atoms with van der Waals surface area (Å²) in [6, 6.07) is 3.27. The Balaban J connectivity index is 0.00000208. The van der Waals surface area contributed by atoms with Gasteiger partial charge in [-0.25, -0.2) is 0 Å². The summed E-state index contributed by atoms with van der Waals surface area (Å²) in [6.45, 7) is 3.96. The largest absolute Gasteiger partial charge is 0.322 e. The molecule has 0 saturated carbocycles. The van der Waals surface area contributed by atoms with E-state index in [9.17, 15) is 9.59 Å². The van der Waals surface area contributed by atoms with Gasteiger partial charge in [0.25, 0.3) is 11.5 Å². The molecule has 0 aliphatic heterocycles. The molecule has 3 aromatic rings. The Morgan fingerprint density at radius 1 is 1.50 bits per heavy atom. The van der Waals surface area contributed by atoms with Gasteiger partial charge in [0, 0.05) is 17.3 Å². The number of halogens is 1. The maximum atomic E-state index is 12.8. The third-order valence-electron chi connectivity index (χ3n) is 3.54. The first-order chi connectivity index (χ1) is 11.0. The lowest BCUT2D eigenvalue weighted by atomic mass is 10.1. The molecular weight excluding hydrogens is 368 g/mol. The zero-order chi connectivity index (χ0) is 16.6. The molecule has 0 fully saturated rings. The normalized spacial score (nSPS) is 10.4. The number of carbonyl (C=O) groups excluding carboxylic acids is 1. The third-order valence-corrected chi connectivity index (χ3v) is 4.89. The Morgan fingerprint density at radius 2 is 2.25 bits per heavy atom. The number of H-pyrrole nitrogens is 1. The Hall–Kier alpha value is -2.03. The Labute approximate surface area is 152 Å². The standard InChI is InChI=1S/C15H14N4O2S2.ClH/c1-3-10-8(2)23-13-11(10)14(21)19(15(22)17-13)18-12(20)9-5-4-6-16-7-9;/h4-7H,3H2,1-2H3,(H,17,22)(H,18,20);1H. The van der Waals surface area contributed by atoms with Crippen molar-refractivity contribution in [1.82, 2.24) is 14.6 Å². The second-order valence-corrected chi connectivity index (χ2v) is 6.56. The molecule has 24 heavy (non-hydrogen) atoms. The smallest absolute Gasteiger partial charge is 0.282 e. The number of hydrogen-bond acceptors (Lipinski definition) is 5. The van der Waals surface area contributed by atoms with Crippen LogP contribution in [-0.2, 0) is 6.42 Å². The molecule has 3 heterocycles. The second-order valence-electron chi connectivity index (χ2n) is 4.95. The summed E-state index contributed by atoms with van der Waals surface area (Å²) in [5.74, 6) is -0.441. The van der Waals surface area contributed by atoms with Gasteiger partial charge in [0.05, 0.1) is 10.9 Å². The minimum absolute atomic E-state index is 0. The number of amides is 1. The number of aryl methyl sites for hydroxylation is 2. The van der Waals surface area contributed by atoms with Crippen LogP contribution in [0.4, 0.5) is 0 Å². The number of aromatic amines is 1. The number of hydrogen-bond donors (Lipinski definition) is 2. The first-order valence-electron chi connectivity index (χ1n) is 7.01. The predicted molar refractivity (Wildman–Crippen MR) is 101 cm³/mol. The molecule has 0 unspecified atom stereocenters.